The highest BCUT2D eigenvalue weighted by Gasteiger charge is 2.15. The average molecular weight is 316 g/mol. The van der Waals surface area contributed by atoms with Crippen LogP contribution in [0.15, 0.2) is 29.2 Å². The van der Waals surface area contributed by atoms with E-state index >= 15 is 0 Å². The van der Waals surface area contributed by atoms with Gasteiger partial charge in [0.15, 0.2) is 0 Å². The molecule has 0 fully saturated rings. The number of likely N-dealkylation sites (N-methyl/N-ethyl adjacent to an activating group) is 1. The molecule has 0 saturated carbocycles. The third-order valence-electron chi connectivity index (χ3n) is 2.83. The van der Waals surface area contributed by atoms with Crippen LogP contribution >= 0.6 is 0 Å². The van der Waals surface area contributed by atoms with Crippen molar-refractivity contribution in [2.75, 3.05) is 40.5 Å². The molecule has 1 aromatic carbocycles. The molecule has 2 N–H and O–H groups in total. The first-order chi connectivity index (χ1) is 9.99. The Morgan fingerprint density at radius 2 is 1.90 bits per heavy atom. The summed E-state index contributed by atoms with van der Waals surface area (Å²) in [5.41, 5.74) is 0. The normalized spacial score (nSPS) is 13.1. The van der Waals surface area contributed by atoms with Crippen LogP contribution in [0.1, 0.15) is 6.92 Å². The lowest BCUT2D eigenvalue weighted by atomic mass is 10.2. The minimum Gasteiger partial charge on any atom is -0.492 e. The van der Waals surface area contributed by atoms with Crippen molar-refractivity contribution in [3.8, 4) is 5.75 Å². The van der Waals surface area contributed by atoms with E-state index in [4.69, 9.17) is 9.47 Å². The minimum absolute atomic E-state index is 0.119. The van der Waals surface area contributed by atoms with Gasteiger partial charge in [-0.3, -0.25) is 0 Å². The van der Waals surface area contributed by atoms with E-state index in [9.17, 15) is 8.42 Å². The highest BCUT2D eigenvalue weighted by atomic mass is 32.2. The Morgan fingerprint density at radius 1 is 1.24 bits per heavy atom. The molecule has 7 heteroatoms. The van der Waals surface area contributed by atoms with Crippen molar-refractivity contribution < 1.29 is 17.9 Å². The molecule has 0 radical (unpaired) electrons. The molecule has 1 unspecified atom stereocenters. The Morgan fingerprint density at radius 3 is 2.48 bits per heavy atom. The van der Waals surface area contributed by atoms with Gasteiger partial charge in [0.05, 0.1) is 4.90 Å². The lowest BCUT2D eigenvalue weighted by molar-refractivity contribution is 0.161. The van der Waals surface area contributed by atoms with Crippen molar-refractivity contribution in [2.24, 2.45) is 5.92 Å². The monoisotopic (exact) mass is 316 g/mol. The molecule has 0 aliphatic rings. The summed E-state index contributed by atoms with van der Waals surface area (Å²) in [5.74, 6) is 0.769. The first-order valence-electron chi connectivity index (χ1n) is 6.85. The summed E-state index contributed by atoms with van der Waals surface area (Å²) in [4.78, 5) is 0.230. The fourth-order valence-corrected chi connectivity index (χ4v) is 2.83. The first-order valence-corrected chi connectivity index (χ1v) is 8.34. The number of hydrogen-bond donors (Lipinski definition) is 2. The highest BCUT2D eigenvalue weighted by Crippen LogP contribution is 2.15. The van der Waals surface area contributed by atoms with Gasteiger partial charge in [0.2, 0.25) is 10.0 Å². The molecular formula is C14H24N2O4S. The van der Waals surface area contributed by atoms with E-state index in [0.29, 0.717) is 25.5 Å². The summed E-state index contributed by atoms with van der Waals surface area (Å²) < 4.78 is 37.2. The Bertz CT molecular complexity index is 502. The summed E-state index contributed by atoms with van der Waals surface area (Å²) in [6.45, 7) is 4.05. The molecule has 0 aliphatic heterocycles. The summed E-state index contributed by atoms with van der Waals surface area (Å²) in [5, 5.41) is 2.97. The maximum atomic E-state index is 12.1. The van der Waals surface area contributed by atoms with E-state index in [-0.39, 0.29) is 10.8 Å². The summed E-state index contributed by atoms with van der Waals surface area (Å²) in [6.07, 6.45) is 0. The summed E-state index contributed by atoms with van der Waals surface area (Å²) in [7, 11) is -0.0515. The number of hydrogen-bond acceptors (Lipinski definition) is 5. The second-order valence-corrected chi connectivity index (χ2v) is 6.60. The van der Waals surface area contributed by atoms with Crippen LogP contribution in [0.25, 0.3) is 0 Å². The lowest BCUT2D eigenvalue weighted by Crippen LogP contribution is -2.30. The van der Waals surface area contributed by atoms with Crippen LogP contribution in [0.2, 0.25) is 0 Å². The number of sulfonamides is 1. The van der Waals surface area contributed by atoms with Crippen molar-refractivity contribution in [3.05, 3.63) is 24.3 Å². The van der Waals surface area contributed by atoms with E-state index in [0.717, 1.165) is 6.54 Å². The van der Waals surface area contributed by atoms with Gasteiger partial charge in [-0.2, -0.15) is 0 Å². The zero-order chi connectivity index (χ0) is 15.7. The van der Waals surface area contributed by atoms with Crippen LogP contribution in [0.3, 0.4) is 0 Å². The third-order valence-corrected chi connectivity index (χ3v) is 4.27. The van der Waals surface area contributed by atoms with Gasteiger partial charge < -0.3 is 14.8 Å². The van der Waals surface area contributed by atoms with Gasteiger partial charge in [0.1, 0.15) is 12.4 Å². The zero-order valence-electron chi connectivity index (χ0n) is 12.8. The van der Waals surface area contributed by atoms with E-state index in [2.05, 4.69) is 10.0 Å². The smallest absolute Gasteiger partial charge is 0.240 e. The lowest BCUT2D eigenvalue weighted by Gasteiger charge is -2.12. The average Bonchev–Trinajstić information content (AvgIpc) is 2.46. The Balaban J connectivity index is 2.58. The minimum atomic E-state index is -3.49. The molecule has 6 nitrogen and oxygen atoms in total. The van der Waals surface area contributed by atoms with Crippen LogP contribution in [0.4, 0.5) is 0 Å². The molecule has 0 amide bonds. The van der Waals surface area contributed by atoms with Crippen molar-refractivity contribution in [3.63, 3.8) is 0 Å². The summed E-state index contributed by atoms with van der Waals surface area (Å²) >= 11 is 0. The molecule has 21 heavy (non-hydrogen) atoms. The van der Waals surface area contributed by atoms with Gasteiger partial charge in [-0.1, -0.05) is 6.92 Å². The fraction of sp³-hybridized carbons (Fsp3) is 0.571. The van der Waals surface area contributed by atoms with Gasteiger partial charge in [-0.25, -0.2) is 13.1 Å². The topological polar surface area (TPSA) is 76.7 Å². The molecule has 1 rings (SSSR count). The number of methoxy groups -OCH3 is 1. The maximum absolute atomic E-state index is 12.1. The number of nitrogens with one attached hydrogen (secondary N) is 2. The number of ether oxygens (including phenoxy) is 2. The van der Waals surface area contributed by atoms with Gasteiger partial charge in [-0.15, -0.1) is 0 Å². The first kappa shape index (κ1) is 17.9. The molecule has 1 aromatic rings. The predicted molar refractivity (Wildman–Crippen MR) is 82.1 cm³/mol. The largest absolute Gasteiger partial charge is 0.492 e. The predicted octanol–water partition coefficient (Wildman–Crippen LogP) is 0.846. The van der Waals surface area contributed by atoms with Crippen molar-refractivity contribution in [2.45, 2.75) is 11.8 Å². The van der Waals surface area contributed by atoms with E-state index in [1.807, 2.05) is 14.0 Å². The van der Waals surface area contributed by atoms with Gasteiger partial charge in [0, 0.05) is 26.8 Å². The van der Waals surface area contributed by atoms with Crippen LogP contribution in [-0.4, -0.2) is 48.9 Å². The molecular weight excluding hydrogens is 292 g/mol. The van der Waals surface area contributed by atoms with E-state index in [1.165, 1.54) is 12.1 Å². The van der Waals surface area contributed by atoms with Crippen LogP contribution in [0, 0.1) is 5.92 Å². The van der Waals surface area contributed by atoms with Crippen molar-refractivity contribution in [1.82, 2.24) is 10.0 Å². The molecule has 0 aliphatic carbocycles. The third kappa shape index (κ3) is 6.43. The molecule has 0 heterocycles. The maximum Gasteiger partial charge on any atom is 0.240 e. The number of benzene rings is 1. The van der Waals surface area contributed by atoms with E-state index < -0.39 is 10.0 Å². The molecule has 0 spiro atoms. The second-order valence-electron chi connectivity index (χ2n) is 4.84. The Labute approximate surface area is 126 Å². The summed E-state index contributed by atoms with van der Waals surface area (Å²) in [6, 6.07) is 6.39. The molecule has 120 valence electrons. The van der Waals surface area contributed by atoms with Crippen molar-refractivity contribution >= 4 is 10.0 Å². The Hall–Kier alpha value is -1.15. The van der Waals surface area contributed by atoms with Crippen LogP contribution < -0.4 is 14.8 Å². The molecule has 0 saturated heterocycles. The molecule has 0 aromatic heterocycles. The highest BCUT2D eigenvalue weighted by molar-refractivity contribution is 7.89. The van der Waals surface area contributed by atoms with Gasteiger partial charge in [-0.05, 0) is 37.2 Å². The van der Waals surface area contributed by atoms with Gasteiger partial charge >= 0.3 is 0 Å². The standard InChI is InChI=1S/C14H24N2O4S/c1-12(11-19-3)10-16-21(17,18)14-6-4-13(5-7-14)20-9-8-15-2/h4-7,12,15-16H,8-11H2,1-3H3. The zero-order valence-corrected chi connectivity index (χ0v) is 13.6. The van der Waals surface area contributed by atoms with Crippen LogP contribution in [-0.2, 0) is 14.8 Å². The molecule has 0 bridgehead atoms. The fourth-order valence-electron chi connectivity index (χ4n) is 1.66. The quantitative estimate of drug-likeness (QED) is 0.626. The van der Waals surface area contributed by atoms with Crippen LogP contribution in [0.5, 0.6) is 5.75 Å². The molecule has 1 atom stereocenters. The number of rotatable bonds is 10. The van der Waals surface area contributed by atoms with E-state index in [1.54, 1.807) is 19.2 Å². The van der Waals surface area contributed by atoms with Crippen molar-refractivity contribution in [1.29, 1.82) is 0 Å². The second kappa shape index (κ2) is 8.99. The Kier molecular flexibility index (Phi) is 7.66. The SMILES string of the molecule is CNCCOc1ccc(S(=O)(=O)NCC(C)COC)cc1. The van der Waals surface area contributed by atoms with Gasteiger partial charge in [0.25, 0.3) is 0 Å².